The molecule has 0 aromatic heterocycles. The van der Waals surface area contributed by atoms with E-state index in [2.05, 4.69) is 50.1 Å². The molecule has 52 heavy (non-hydrogen) atoms. The third-order valence-corrected chi connectivity index (χ3v) is 6.12. The maximum Gasteiger partial charge on any atom is 0.408 e. The second-order valence-electron chi connectivity index (χ2n) is 11.2. The van der Waals surface area contributed by atoms with Crippen LogP contribution < -0.4 is 10.6 Å². The Hall–Kier alpha value is -6.20. The molecule has 2 N–H and O–H groups in total. The van der Waals surface area contributed by atoms with Crippen LogP contribution in [0, 0.1) is 10.8 Å². The van der Waals surface area contributed by atoms with E-state index in [4.69, 9.17) is 37.9 Å². The monoisotopic (exact) mass is 736 g/mol. The molecule has 0 aromatic carbocycles. The average Bonchev–Trinajstić information content (AvgIpc) is 3.12. The van der Waals surface area contributed by atoms with Crippen LogP contribution in [0.2, 0.25) is 0 Å². The number of amides is 2. The minimum absolute atomic E-state index is 0.0208. The number of carbonyl (C=O) groups excluding carboxylic acids is 8. The predicted octanol–water partition coefficient (Wildman–Crippen LogP) is 1.91. The molecule has 0 saturated carbocycles. The Morgan fingerprint density at radius 2 is 0.673 bits per heavy atom. The van der Waals surface area contributed by atoms with Crippen LogP contribution in [0.1, 0.15) is 20.8 Å². The van der Waals surface area contributed by atoms with Gasteiger partial charge in [-0.15, -0.1) is 0 Å². The van der Waals surface area contributed by atoms with Gasteiger partial charge in [-0.25, -0.2) is 38.4 Å². The lowest BCUT2D eigenvalue weighted by Gasteiger charge is -2.31. The lowest BCUT2D eigenvalue weighted by atomic mass is 9.92. The Morgan fingerprint density at radius 1 is 0.442 bits per heavy atom. The molecule has 0 atom stereocenters. The minimum Gasteiger partial charge on any atom is -0.462 e. The summed E-state index contributed by atoms with van der Waals surface area (Å²) in [5.74, 6) is -5.17. The fourth-order valence-electron chi connectivity index (χ4n) is 3.10. The first-order valence-electron chi connectivity index (χ1n) is 15.0. The number of ether oxygens (including phenoxy) is 8. The van der Waals surface area contributed by atoms with Crippen LogP contribution in [-0.4, -0.2) is 108 Å². The van der Waals surface area contributed by atoms with E-state index < -0.39 is 118 Å². The summed E-state index contributed by atoms with van der Waals surface area (Å²) in [6.07, 6.45) is 0.250. The van der Waals surface area contributed by atoms with Crippen LogP contribution >= 0.6 is 0 Å². The van der Waals surface area contributed by atoms with E-state index in [1.54, 1.807) is 0 Å². The zero-order chi connectivity index (χ0) is 39.9. The van der Waals surface area contributed by atoms with Gasteiger partial charge >= 0.3 is 48.0 Å². The second kappa shape index (κ2) is 23.2. The number of nitrogens with one attached hydrogen (secondary N) is 2. The van der Waals surface area contributed by atoms with Crippen molar-refractivity contribution in [3.8, 4) is 0 Å². The highest BCUT2D eigenvalue weighted by atomic mass is 16.6. The van der Waals surface area contributed by atoms with Crippen molar-refractivity contribution in [2.75, 3.05) is 59.5 Å². The fraction of sp³-hybridized carbons (Fsp3) is 0.412. The molecule has 0 saturated heterocycles. The van der Waals surface area contributed by atoms with Crippen molar-refractivity contribution in [3.63, 3.8) is 0 Å². The van der Waals surface area contributed by atoms with Crippen molar-refractivity contribution in [3.05, 3.63) is 74.4 Å². The van der Waals surface area contributed by atoms with E-state index in [1.807, 2.05) is 0 Å². The van der Waals surface area contributed by atoms with Gasteiger partial charge in [0.05, 0.1) is 6.67 Å². The van der Waals surface area contributed by atoms with E-state index >= 15 is 0 Å². The van der Waals surface area contributed by atoms with E-state index in [-0.39, 0.29) is 16.7 Å². The van der Waals surface area contributed by atoms with Gasteiger partial charge in [0.1, 0.15) is 63.7 Å². The molecule has 0 fully saturated rings. The standard InChI is InChI=1S/C34H44N2O16/c1-10-25(37)45-13-33(14-46-26(38)11-2,16-48-28(40)22(4)5)19-51-31(43)35-21-36-32(44)52-20-34(15-47-27(39)12-3,17-49-29(41)23(6)7)18-50-30(42)24(8)9/h10-12H,1-4,6,8,13-21H2,5,7,9H3,(H,35,43)(H,36,44). The molecule has 0 aliphatic carbocycles. The maximum atomic E-state index is 12.6. The Balaban J connectivity index is 5.74. The molecule has 2 amide bonds. The molecule has 18 nitrogen and oxygen atoms in total. The van der Waals surface area contributed by atoms with Crippen molar-refractivity contribution in [2.45, 2.75) is 20.8 Å². The summed E-state index contributed by atoms with van der Waals surface area (Å²) < 4.78 is 41.2. The number of carbonyl (C=O) groups is 8. The smallest absolute Gasteiger partial charge is 0.408 e. The number of hydrogen-bond donors (Lipinski definition) is 2. The highest BCUT2D eigenvalue weighted by molar-refractivity contribution is 5.88. The quantitative estimate of drug-likeness (QED) is 0.0623. The first kappa shape index (κ1) is 45.8. The van der Waals surface area contributed by atoms with Gasteiger partial charge in [-0.2, -0.15) is 0 Å². The summed E-state index contributed by atoms with van der Waals surface area (Å²) in [6.45, 7) is 19.0. The number of alkyl carbamates (subject to hydrolysis) is 2. The highest BCUT2D eigenvalue weighted by Crippen LogP contribution is 2.23. The van der Waals surface area contributed by atoms with Crippen LogP contribution in [0.4, 0.5) is 9.59 Å². The number of esters is 6. The number of hydrogen-bond acceptors (Lipinski definition) is 16. The van der Waals surface area contributed by atoms with Crippen molar-refractivity contribution in [1.29, 1.82) is 0 Å². The van der Waals surface area contributed by atoms with Gasteiger partial charge in [-0.3, -0.25) is 0 Å². The molecule has 286 valence electrons. The van der Waals surface area contributed by atoms with Gasteiger partial charge in [-0.05, 0) is 20.8 Å². The average molecular weight is 737 g/mol. The molecule has 0 unspecified atom stereocenters. The van der Waals surface area contributed by atoms with Gasteiger partial charge in [0.25, 0.3) is 0 Å². The van der Waals surface area contributed by atoms with Gasteiger partial charge < -0.3 is 48.5 Å². The van der Waals surface area contributed by atoms with Crippen molar-refractivity contribution in [1.82, 2.24) is 10.6 Å². The van der Waals surface area contributed by atoms with Crippen LogP contribution in [0.25, 0.3) is 0 Å². The molecule has 0 spiro atoms. The molecular weight excluding hydrogens is 692 g/mol. The van der Waals surface area contributed by atoms with Gasteiger partial charge in [-0.1, -0.05) is 39.5 Å². The van der Waals surface area contributed by atoms with Crippen LogP contribution in [0.15, 0.2) is 74.4 Å². The summed E-state index contributed by atoms with van der Waals surface area (Å²) in [7, 11) is 0. The fourth-order valence-corrected chi connectivity index (χ4v) is 3.10. The first-order chi connectivity index (χ1) is 24.3. The molecule has 0 rings (SSSR count). The minimum atomic E-state index is -1.63. The maximum absolute atomic E-state index is 12.6. The highest BCUT2D eigenvalue weighted by Gasteiger charge is 2.39. The molecule has 0 aliphatic rings. The normalized spacial score (nSPS) is 10.4. The van der Waals surface area contributed by atoms with Gasteiger partial charge in [0.15, 0.2) is 0 Å². The van der Waals surface area contributed by atoms with Crippen molar-refractivity contribution in [2.24, 2.45) is 10.8 Å². The van der Waals surface area contributed by atoms with Crippen LogP contribution in [-0.2, 0) is 66.7 Å². The van der Waals surface area contributed by atoms with E-state index in [1.165, 1.54) is 20.8 Å². The summed E-state index contributed by atoms with van der Waals surface area (Å²) in [4.78, 5) is 96.9. The summed E-state index contributed by atoms with van der Waals surface area (Å²) in [5, 5.41) is 4.38. The molecule has 0 bridgehead atoms. The molecule has 0 heterocycles. The van der Waals surface area contributed by atoms with Crippen LogP contribution in [0.5, 0.6) is 0 Å². The van der Waals surface area contributed by atoms with Crippen molar-refractivity contribution >= 4 is 48.0 Å². The molecule has 18 heteroatoms. The summed E-state index contributed by atoms with van der Waals surface area (Å²) >= 11 is 0. The summed E-state index contributed by atoms with van der Waals surface area (Å²) in [6, 6.07) is 0. The Kier molecular flexibility index (Phi) is 20.5. The third-order valence-electron chi connectivity index (χ3n) is 6.12. The van der Waals surface area contributed by atoms with Gasteiger partial charge in [0, 0.05) is 34.9 Å². The lowest BCUT2D eigenvalue weighted by Crippen LogP contribution is -2.46. The van der Waals surface area contributed by atoms with E-state index in [0.29, 0.717) is 0 Å². The zero-order valence-electron chi connectivity index (χ0n) is 29.4. The SMILES string of the molecule is C=CC(=O)OCC(COC(=O)C=C)(COC(=O)NCNC(=O)OCC(COC(=O)C=C)(COC(=O)C(=C)C)COC(=O)C(=C)C)COC(=O)C(=C)C. The van der Waals surface area contributed by atoms with E-state index in [0.717, 1.165) is 18.2 Å². The largest absolute Gasteiger partial charge is 0.462 e. The van der Waals surface area contributed by atoms with E-state index in [9.17, 15) is 38.4 Å². The second-order valence-corrected chi connectivity index (χ2v) is 11.2. The molecular formula is C34H44N2O16. The van der Waals surface area contributed by atoms with Crippen molar-refractivity contribution < 1.29 is 76.3 Å². The molecule has 0 radical (unpaired) electrons. The molecule has 0 aromatic rings. The third kappa shape index (κ3) is 18.5. The first-order valence-corrected chi connectivity index (χ1v) is 15.0. The Bertz CT molecular complexity index is 1380. The topological polar surface area (TPSA) is 234 Å². The Labute approximate surface area is 300 Å². The lowest BCUT2D eigenvalue weighted by molar-refractivity contribution is -0.162. The zero-order valence-corrected chi connectivity index (χ0v) is 29.4. The Morgan fingerprint density at radius 3 is 0.904 bits per heavy atom. The van der Waals surface area contributed by atoms with Gasteiger partial charge in [0.2, 0.25) is 0 Å². The number of rotatable bonds is 24. The molecule has 0 aliphatic heterocycles. The summed E-state index contributed by atoms with van der Waals surface area (Å²) in [5.41, 5.74) is -3.18. The predicted molar refractivity (Wildman–Crippen MR) is 179 cm³/mol. The van der Waals surface area contributed by atoms with Crippen LogP contribution in [0.3, 0.4) is 0 Å².